The van der Waals surface area contributed by atoms with Crippen LogP contribution in [0.25, 0.3) is 0 Å². The summed E-state index contributed by atoms with van der Waals surface area (Å²) in [7, 11) is -1.70. The maximum Gasteiger partial charge on any atom is 0.261 e. The molecule has 2 N–H and O–H groups in total. The minimum atomic E-state index is -3.77. The largest absolute Gasteiger partial charge is 0.494 e. The molecule has 0 spiro atoms. The van der Waals surface area contributed by atoms with Gasteiger partial charge in [0.2, 0.25) is 0 Å². The number of likely N-dealkylation sites (N-methyl/N-ethyl adjacent to an activating group) is 1. The topological polar surface area (TPSA) is 87.7 Å². The Morgan fingerprint density at radius 3 is 2.53 bits per heavy atom. The third-order valence-corrected chi connectivity index (χ3v) is 6.60. The summed E-state index contributed by atoms with van der Waals surface area (Å²) in [5.41, 5.74) is 0.739. The number of hydrogen-bond acceptors (Lipinski definition) is 5. The summed E-state index contributed by atoms with van der Waals surface area (Å²) < 4.78 is 33.2. The molecule has 1 aliphatic rings. The van der Waals surface area contributed by atoms with Crippen molar-refractivity contribution in [1.29, 1.82) is 0 Å². The first-order valence-corrected chi connectivity index (χ1v) is 11.6. The van der Waals surface area contributed by atoms with Gasteiger partial charge in [-0.25, -0.2) is 8.42 Å². The monoisotopic (exact) mass is 431 g/mol. The molecule has 0 aliphatic heterocycles. The van der Waals surface area contributed by atoms with E-state index in [1.165, 1.54) is 31.0 Å². The van der Waals surface area contributed by atoms with Crippen molar-refractivity contribution in [2.24, 2.45) is 0 Å². The van der Waals surface area contributed by atoms with E-state index in [0.717, 1.165) is 0 Å². The number of benzene rings is 2. The predicted octanol–water partition coefficient (Wildman–Crippen LogP) is 3.10. The van der Waals surface area contributed by atoms with Crippen LogP contribution in [-0.4, -0.2) is 51.5 Å². The SMILES string of the molecule is CCOc1ccc(S(=O)(=O)Nc2cccc(C(=O)NCC(C)N(C)C3CC3)c2)cc1. The predicted molar refractivity (Wildman–Crippen MR) is 117 cm³/mol. The molecule has 0 saturated heterocycles. The number of sulfonamides is 1. The normalized spacial score (nSPS) is 14.9. The fraction of sp³-hybridized carbons (Fsp3) is 0.409. The van der Waals surface area contributed by atoms with E-state index in [1.807, 2.05) is 6.92 Å². The smallest absolute Gasteiger partial charge is 0.261 e. The molecule has 0 bridgehead atoms. The second-order valence-corrected chi connectivity index (χ2v) is 9.23. The Bertz CT molecular complexity index is 972. The summed E-state index contributed by atoms with van der Waals surface area (Å²) in [5.74, 6) is 0.379. The molecule has 2 aromatic carbocycles. The number of ether oxygens (including phenoxy) is 1. The van der Waals surface area contributed by atoms with E-state index < -0.39 is 10.0 Å². The number of amides is 1. The molecule has 1 amide bonds. The van der Waals surface area contributed by atoms with Crippen LogP contribution in [0.3, 0.4) is 0 Å². The Morgan fingerprint density at radius 2 is 1.90 bits per heavy atom. The van der Waals surface area contributed by atoms with Crippen molar-refractivity contribution in [1.82, 2.24) is 10.2 Å². The summed E-state index contributed by atoms with van der Waals surface area (Å²) in [5, 5.41) is 2.93. The van der Waals surface area contributed by atoms with Crippen molar-refractivity contribution in [2.75, 3.05) is 24.9 Å². The Hall–Kier alpha value is -2.58. The van der Waals surface area contributed by atoms with Crippen LogP contribution < -0.4 is 14.8 Å². The van der Waals surface area contributed by atoms with Gasteiger partial charge in [-0.05, 0) is 76.2 Å². The first-order valence-electron chi connectivity index (χ1n) is 10.2. The summed E-state index contributed by atoms with van der Waals surface area (Å²) >= 11 is 0. The van der Waals surface area contributed by atoms with Crippen LogP contribution >= 0.6 is 0 Å². The van der Waals surface area contributed by atoms with Gasteiger partial charge in [0.15, 0.2) is 0 Å². The number of hydrogen-bond donors (Lipinski definition) is 2. The fourth-order valence-electron chi connectivity index (χ4n) is 3.15. The lowest BCUT2D eigenvalue weighted by Gasteiger charge is -2.24. The Balaban J connectivity index is 1.63. The molecule has 2 aromatic rings. The Kier molecular flexibility index (Phi) is 6.99. The number of nitrogens with one attached hydrogen (secondary N) is 2. The van der Waals surface area contributed by atoms with Crippen LogP contribution in [0.5, 0.6) is 5.75 Å². The highest BCUT2D eigenvalue weighted by molar-refractivity contribution is 7.92. The quantitative estimate of drug-likeness (QED) is 0.604. The molecule has 1 aliphatic carbocycles. The van der Waals surface area contributed by atoms with Crippen LogP contribution in [0, 0.1) is 0 Å². The van der Waals surface area contributed by atoms with Gasteiger partial charge < -0.3 is 10.1 Å². The van der Waals surface area contributed by atoms with Crippen LogP contribution in [-0.2, 0) is 10.0 Å². The first-order chi connectivity index (χ1) is 14.3. The third-order valence-electron chi connectivity index (χ3n) is 5.20. The number of carbonyl (C=O) groups is 1. The number of rotatable bonds is 10. The van der Waals surface area contributed by atoms with E-state index in [2.05, 4.69) is 28.9 Å². The lowest BCUT2D eigenvalue weighted by molar-refractivity contribution is 0.0939. The molecule has 0 radical (unpaired) electrons. The highest BCUT2D eigenvalue weighted by atomic mass is 32.2. The average molecular weight is 432 g/mol. The van der Waals surface area contributed by atoms with Gasteiger partial charge in [0, 0.05) is 29.9 Å². The second kappa shape index (κ2) is 9.49. The first kappa shape index (κ1) is 22.1. The Morgan fingerprint density at radius 1 is 1.20 bits per heavy atom. The van der Waals surface area contributed by atoms with Gasteiger partial charge >= 0.3 is 0 Å². The van der Waals surface area contributed by atoms with Gasteiger partial charge in [-0.15, -0.1) is 0 Å². The lowest BCUT2D eigenvalue weighted by Crippen LogP contribution is -2.41. The van der Waals surface area contributed by atoms with Crippen molar-refractivity contribution in [3.63, 3.8) is 0 Å². The van der Waals surface area contributed by atoms with E-state index in [9.17, 15) is 13.2 Å². The van der Waals surface area contributed by atoms with Gasteiger partial charge in [0.1, 0.15) is 5.75 Å². The maximum absolute atomic E-state index is 12.7. The van der Waals surface area contributed by atoms with Crippen LogP contribution in [0.2, 0.25) is 0 Å². The molecular weight excluding hydrogens is 402 g/mol. The zero-order chi connectivity index (χ0) is 21.7. The third kappa shape index (κ3) is 5.73. The highest BCUT2D eigenvalue weighted by Gasteiger charge is 2.29. The molecule has 1 fully saturated rings. The van der Waals surface area contributed by atoms with Crippen molar-refractivity contribution < 1.29 is 17.9 Å². The van der Waals surface area contributed by atoms with Gasteiger partial charge in [0.05, 0.1) is 11.5 Å². The highest BCUT2D eigenvalue weighted by Crippen LogP contribution is 2.26. The molecule has 1 atom stereocenters. The van der Waals surface area contributed by atoms with Crippen molar-refractivity contribution in [2.45, 2.75) is 43.7 Å². The number of anilines is 1. The molecule has 162 valence electrons. The minimum Gasteiger partial charge on any atom is -0.494 e. The van der Waals surface area contributed by atoms with Gasteiger partial charge in [-0.3, -0.25) is 14.4 Å². The Labute approximate surface area is 178 Å². The molecule has 3 rings (SSSR count). The van der Waals surface area contributed by atoms with E-state index >= 15 is 0 Å². The van der Waals surface area contributed by atoms with Crippen molar-refractivity contribution in [3.05, 3.63) is 54.1 Å². The molecule has 8 heteroatoms. The molecule has 1 unspecified atom stereocenters. The lowest BCUT2D eigenvalue weighted by atomic mass is 10.2. The number of carbonyl (C=O) groups excluding carboxylic acids is 1. The molecule has 0 heterocycles. The van der Waals surface area contributed by atoms with E-state index in [-0.39, 0.29) is 16.8 Å². The second-order valence-electron chi connectivity index (χ2n) is 7.55. The molecule has 0 aromatic heterocycles. The molecule has 7 nitrogen and oxygen atoms in total. The minimum absolute atomic E-state index is 0.123. The fourth-order valence-corrected chi connectivity index (χ4v) is 4.20. The summed E-state index contributed by atoms with van der Waals surface area (Å²) in [6.07, 6.45) is 2.43. The molecule has 30 heavy (non-hydrogen) atoms. The zero-order valence-corrected chi connectivity index (χ0v) is 18.4. The van der Waals surface area contributed by atoms with E-state index in [1.54, 1.807) is 30.3 Å². The molecule has 1 saturated carbocycles. The van der Waals surface area contributed by atoms with Gasteiger partial charge in [0.25, 0.3) is 15.9 Å². The van der Waals surface area contributed by atoms with Crippen LogP contribution in [0.1, 0.15) is 37.0 Å². The zero-order valence-electron chi connectivity index (χ0n) is 17.6. The summed E-state index contributed by atoms with van der Waals surface area (Å²) in [6, 6.07) is 13.5. The average Bonchev–Trinajstić information content (AvgIpc) is 3.57. The van der Waals surface area contributed by atoms with Gasteiger partial charge in [-0.1, -0.05) is 6.07 Å². The summed E-state index contributed by atoms with van der Waals surface area (Å²) in [4.78, 5) is 14.9. The van der Waals surface area contributed by atoms with Crippen LogP contribution in [0.15, 0.2) is 53.4 Å². The van der Waals surface area contributed by atoms with Crippen molar-refractivity contribution in [3.8, 4) is 5.75 Å². The van der Waals surface area contributed by atoms with E-state index in [4.69, 9.17) is 4.74 Å². The standard InChI is InChI=1S/C22H29N3O4S/c1-4-29-20-10-12-21(13-11-20)30(27,28)24-18-7-5-6-17(14-18)22(26)23-15-16(2)25(3)19-8-9-19/h5-7,10-14,16,19,24H,4,8-9,15H2,1-3H3,(H,23,26). The number of nitrogens with zero attached hydrogens (tertiary/aromatic N) is 1. The summed E-state index contributed by atoms with van der Waals surface area (Å²) in [6.45, 7) is 4.99. The molecular formula is C22H29N3O4S. The van der Waals surface area contributed by atoms with Gasteiger partial charge in [-0.2, -0.15) is 0 Å². The van der Waals surface area contributed by atoms with Crippen LogP contribution in [0.4, 0.5) is 5.69 Å². The maximum atomic E-state index is 12.7. The van der Waals surface area contributed by atoms with E-state index in [0.29, 0.717) is 36.2 Å². The van der Waals surface area contributed by atoms with Crippen molar-refractivity contribution >= 4 is 21.6 Å².